The molecule has 0 spiro atoms. The van der Waals surface area contributed by atoms with Gasteiger partial charge in [0.2, 0.25) is 0 Å². The van der Waals surface area contributed by atoms with Crippen molar-refractivity contribution in [2.24, 2.45) is 0 Å². The molecule has 0 unspecified atom stereocenters. The Balaban J connectivity index is 2.63. The van der Waals surface area contributed by atoms with E-state index in [-0.39, 0.29) is 0 Å². The van der Waals surface area contributed by atoms with Crippen LogP contribution in [-0.2, 0) is 0 Å². The first-order valence-corrected chi connectivity index (χ1v) is 5.64. The monoisotopic (exact) mass is 275 g/mol. The summed E-state index contributed by atoms with van der Waals surface area (Å²) >= 11 is 17.8. The number of halogens is 3. The molecule has 1 N–H and O–H groups in total. The average molecular weight is 277 g/mol. The van der Waals surface area contributed by atoms with E-state index in [0.717, 1.165) is 5.56 Å². The van der Waals surface area contributed by atoms with E-state index in [1.165, 1.54) is 0 Å². The van der Waals surface area contributed by atoms with Crippen molar-refractivity contribution in [1.82, 2.24) is 4.98 Å². The second-order valence-corrected chi connectivity index (χ2v) is 4.28. The summed E-state index contributed by atoms with van der Waals surface area (Å²) < 4.78 is 5.24. The fourth-order valence-electron chi connectivity index (χ4n) is 1.46. The van der Waals surface area contributed by atoms with E-state index in [1.807, 2.05) is 24.3 Å². The fraction of sp³-hybridized carbons (Fsp3) is 0.0909. The van der Waals surface area contributed by atoms with E-state index in [0.29, 0.717) is 26.6 Å². The van der Waals surface area contributed by atoms with Crippen LogP contribution in [0.5, 0.6) is 5.75 Å². The Bertz CT molecular complexity index is 522. The number of rotatable bonds is 2. The molecule has 0 atom stereocenters. The Morgan fingerprint density at radius 1 is 1.06 bits per heavy atom. The van der Waals surface area contributed by atoms with Crippen molar-refractivity contribution >= 4 is 34.8 Å². The molecule has 0 aliphatic heterocycles. The minimum atomic E-state index is 0.323. The molecule has 1 aromatic carbocycles. The molecule has 16 heavy (non-hydrogen) atoms. The van der Waals surface area contributed by atoms with Gasteiger partial charge < -0.3 is 9.72 Å². The number of hydrogen-bond donors (Lipinski definition) is 1. The van der Waals surface area contributed by atoms with Gasteiger partial charge in [-0.25, -0.2) is 0 Å². The van der Waals surface area contributed by atoms with Gasteiger partial charge in [0.15, 0.2) is 0 Å². The summed E-state index contributed by atoms with van der Waals surface area (Å²) in [6.45, 7) is 0. The van der Waals surface area contributed by atoms with E-state index in [9.17, 15) is 0 Å². The number of H-pyrrole nitrogens is 1. The van der Waals surface area contributed by atoms with Crippen LogP contribution in [0.15, 0.2) is 24.3 Å². The molecule has 84 valence electrons. The Morgan fingerprint density at radius 3 is 2.31 bits per heavy atom. The molecule has 5 heteroatoms. The molecule has 2 aromatic rings. The SMILES string of the molecule is COc1ccccc1-c1[nH]c(Cl)c(Cl)c1Cl. The quantitative estimate of drug-likeness (QED) is 0.848. The molecule has 2 nitrogen and oxygen atoms in total. The van der Waals surface area contributed by atoms with Gasteiger partial charge in [0.05, 0.1) is 22.8 Å². The molecule has 0 saturated carbocycles. The molecule has 0 saturated heterocycles. The average Bonchev–Trinajstić information content (AvgIpc) is 2.57. The molecular formula is C11H8Cl3NO. The highest BCUT2D eigenvalue weighted by molar-refractivity contribution is 6.49. The molecular weight excluding hydrogens is 268 g/mol. The third-order valence-corrected chi connectivity index (χ3v) is 3.45. The molecule has 0 fully saturated rings. The van der Waals surface area contributed by atoms with Crippen LogP contribution in [0.25, 0.3) is 11.3 Å². The predicted molar refractivity (Wildman–Crippen MR) is 67.8 cm³/mol. The van der Waals surface area contributed by atoms with Crippen molar-refractivity contribution in [1.29, 1.82) is 0 Å². The van der Waals surface area contributed by atoms with Gasteiger partial charge in [-0.05, 0) is 12.1 Å². The topological polar surface area (TPSA) is 25.0 Å². The van der Waals surface area contributed by atoms with E-state index in [1.54, 1.807) is 7.11 Å². The predicted octanol–water partition coefficient (Wildman–Crippen LogP) is 4.65. The number of nitrogens with one attached hydrogen (secondary N) is 1. The molecule has 0 bridgehead atoms. The first-order valence-electron chi connectivity index (χ1n) is 4.51. The van der Waals surface area contributed by atoms with E-state index < -0.39 is 0 Å². The Morgan fingerprint density at radius 2 is 1.75 bits per heavy atom. The highest BCUT2D eigenvalue weighted by Crippen LogP contribution is 2.41. The second kappa shape index (κ2) is 4.58. The van der Waals surface area contributed by atoms with Crippen molar-refractivity contribution in [2.75, 3.05) is 7.11 Å². The lowest BCUT2D eigenvalue weighted by atomic mass is 10.1. The largest absolute Gasteiger partial charge is 0.496 e. The number of benzene rings is 1. The number of aromatic amines is 1. The molecule has 1 heterocycles. The Labute approximate surface area is 108 Å². The summed E-state index contributed by atoms with van der Waals surface area (Å²) in [4.78, 5) is 2.93. The normalized spacial score (nSPS) is 10.5. The van der Waals surface area contributed by atoms with E-state index in [4.69, 9.17) is 39.5 Å². The molecule has 0 aliphatic carbocycles. The lowest BCUT2D eigenvalue weighted by Crippen LogP contribution is -1.87. The maximum atomic E-state index is 6.07. The van der Waals surface area contributed by atoms with Gasteiger partial charge in [0, 0.05) is 5.56 Å². The highest BCUT2D eigenvalue weighted by Gasteiger charge is 2.16. The van der Waals surface area contributed by atoms with Crippen molar-refractivity contribution in [3.05, 3.63) is 39.5 Å². The minimum Gasteiger partial charge on any atom is -0.496 e. The van der Waals surface area contributed by atoms with Crippen LogP contribution < -0.4 is 4.74 Å². The smallest absolute Gasteiger partial charge is 0.128 e. The third kappa shape index (κ3) is 1.88. The van der Waals surface area contributed by atoms with Gasteiger partial charge in [-0.1, -0.05) is 46.9 Å². The zero-order valence-corrected chi connectivity index (χ0v) is 10.6. The van der Waals surface area contributed by atoms with E-state index in [2.05, 4.69) is 4.98 Å². The van der Waals surface area contributed by atoms with Crippen molar-refractivity contribution in [3.8, 4) is 17.0 Å². The third-order valence-electron chi connectivity index (χ3n) is 2.22. The molecule has 1 aromatic heterocycles. The van der Waals surface area contributed by atoms with Crippen LogP contribution in [0.3, 0.4) is 0 Å². The van der Waals surface area contributed by atoms with Crippen molar-refractivity contribution in [2.45, 2.75) is 0 Å². The molecule has 2 rings (SSSR count). The number of methoxy groups -OCH3 is 1. The van der Waals surface area contributed by atoms with Crippen LogP contribution in [0.2, 0.25) is 15.2 Å². The van der Waals surface area contributed by atoms with Crippen molar-refractivity contribution in [3.63, 3.8) is 0 Å². The maximum absolute atomic E-state index is 6.07. The number of hydrogen-bond acceptors (Lipinski definition) is 1. The van der Waals surface area contributed by atoms with Crippen LogP contribution in [0.4, 0.5) is 0 Å². The highest BCUT2D eigenvalue weighted by atomic mass is 35.5. The number of aromatic nitrogens is 1. The molecule has 0 amide bonds. The summed E-state index contributed by atoms with van der Waals surface area (Å²) in [6, 6.07) is 7.48. The van der Waals surface area contributed by atoms with Crippen molar-refractivity contribution < 1.29 is 4.74 Å². The Kier molecular flexibility index (Phi) is 3.33. The molecule has 0 aliphatic rings. The standard InChI is InChI=1S/C11H8Cl3NO/c1-16-7-5-3-2-4-6(7)10-8(12)9(13)11(14)15-10/h2-5,15H,1H3. The summed E-state index contributed by atoms with van der Waals surface area (Å²) in [5.74, 6) is 0.707. The fourth-order valence-corrected chi connectivity index (χ4v) is 2.08. The molecule has 0 radical (unpaired) electrons. The van der Waals surface area contributed by atoms with Gasteiger partial charge in [-0.15, -0.1) is 0 Å². The van der Waals surface area contributed by atoms with Gasteiger partial charge in [-0.3, -0.25) is 0 Å². The summed E-state index contributed by atoms with van der Waals surface area (Å²) in [5, 5.41) is 1.05. The van der Waals surface area contributed by atoms with Crippen LogP contribution in [-0.4, -0.2) is 12.1 Å². The van der Waals surface area contributed by atoms with Gasteiger partial charge in [-0.2, -0.15) is 0 Å². The van der Waals surface area contributed by atoms with Crippen LogP contribution in [0, 0.1) is 0 Å². The zero-order chi connectivity index (χ0) is 11.7. The van der Waals surface area contributed by atoms with Gasteiger partial charge in [0.1, 0.15) is 10.9 Å². The van der Waals surface area contributed by atoms with Crippen LogP contribution >= 0.6 is 34.8 Å². The maximum Gasteiger partial charge on any atom is 0.128 e. The summed E-state index contributed by atoms with van der Waals surface area (Å²) in [7, 11) is 1.60. The first-order chi connectivity index (χ1) is 7.65. The van der Waals surface area contributed by atoms with E-state index >= 15 is 0 Å². The lowest BCUT2D eigenvalue weighted by molar-refractivity contribution is 0.416. The van der Waals surface area contributed by atoms with Crippen LogP contribution in [0.1, 0.15) is 0 Å². The summed E-state index contributed by atoms with van der Waals surface area (Å²) in [6.07, 6.45) is 0. The van der Waals surface area contributed by atoms with Gasteiger partial charge in [0.25, 0.3) is 0 Å². The number of ether oxygens (including phenoxy) is 1. The zero-order valence-electron chi connectivity index (χ0n) is 8.35. The first kappa shape index (κ1) is 11.6. The summed E-state index contributed by atoms with van der Waals surface area (Å²) in [5.41, 5.74) is 1.48. The second-order valence-electron chi connectivity index (χ2n) is 3.14. The lowest BCUT2D eigenvalue weighted by Gasteiger charge is -2.06. The Hall–Kier alpha value is -0.830. The minimum absolute atomic E-state index is 0.323. The van der Waals surface area contributed by atoms with Gasteiger partial charge >= 0.3 is 0 Å². The number of para-hydroxylation sites is 1.